The quantitative estimate of drug-likeness (QED) is 0.562. The van der Waals surface area contributed by atoms with E-state index in [0.717, 1.165) is 5.56 Å². The van der Waals surface area contributed by atoms with E-state index in [2.05, 4.69) is 17.2 Å². The third-order valence-corrected chi connectivity index (χ3v) is 4.33. The lowest BCUT2D eigenvalue weighted by atomic mass is 10.0. The van der Waals surface area contributed by atoms with Crippen LogP contribution >= 0.6 is 0 Å². The van der Waals surface area contributed by atoms with Crippen molar-refractivity contribution >= 4 is 11.9 Å². The summed E-state index contributed by atoms with van der Waals surface area (Å²) in [6, 6.07) is 10.00. The number of nitrogens with one attached hydrogen (secondary N) is 2. The van der Waals surface area contributed by atoms with Crippen LogP contribution in [0.5, 0.6) is 0 Å². The second kappa shape index (κ2) is 9.20. The maximum Gasteiger partial charge on any atom is 0.340 e. The molecular formula is C20H26N2O4. The molecule has 6 heteroatoms. The predicted molar refractivity (Wildman–Crippen MR) is 99.6 cm³/mol. The number of carbonyl (C=O) groups is 2. The summed E-state index contributed by atoms with van der Waals surface area (Å²) >= 11 is 0. The van der Waals surface area contributed by atoms with Gasteiger partial charge in [-0.3, -0.25) is 4.79 Å². The molecule has 1 unspecified atom stereocenters. The van der Waals surface area contributed by atoms with Gasteiger partial charge in [0.25, 0.3) is 5.91 Å². The van der Waals surface area contributed by atoms with Gasteiger partial charge in [-0.1, -0.05) is 37.3 Å². The zero-order chi connectivity index (χ0) is 19.1. The Labute approximate surface area is 153 Å². The summed E-state index contributed by atoms with van der Waals surface area (Å²) < 4.78 is 10.0. The van der Waals surface area contributed by atoms with Crippen molar-refractivity contribution < 1.29 is 19.1 Å². The molecule has 1 aromatic heterocycles. The molecule has 1 atom stereocenters. The van der Waals surface area contributed by atoms with Crippen LogP contribution in [0.15, 0.2) is 30.3 Å². The summed E-state index contributed by atoms with van der Waals surface area (Å²) in [6.45, 7) is 6.57. The van der Waals surface area contributed by atoms with Crippen molar-refractivity contribution in [1.82, 2.24) is 10.3 Å². The molecule has 0 saturated carbocycles. The van der Waals surface area contributed by atoms with Gasteiger partial charge in [0.15, 0.2) is 0 Å². The summed E-state index contributed by atoms with van der Waals surface area (Å²) in [4.78, 5) is 27.8. The summed E-state index contributed by atoms with van der Waals surface area (Å²) in [5, 5.41) is 2.93. The van der Waals surface area contributed by atoms with E-state index in [9.17, 15) is 9.59 Å². The average molecular weight is 358 g/mol. The largest absolute Gasteiger partial charge is 0.460 e. The molecule has 140 valence electrons. The van der Waals surface area contributed by atoms with E-state index >= 15 is 0 Å². The van der Waals surface area contributed by atoms with Crippen molar-refractivity contribution in [3.05, 3.63) is 58.4 Å². The first kappa shape index (κ1) is 19.7. The van der Waals surface area contributed by atoms with Crippen LogP contribution in [0.3, 0.4) is 0 Å². The van der Waals surface area contributed by atoms with E-state index in [1.54, 1.807) is 21.0 Å². The molecule has 26 heavy (non-hydrogen) atoms. The van der Waals surface area contributed by atoms with Crippen molar-refractivity contribution in [3.63, 3.8) is 0 Å². The monoisotopic (exact) mass is 358 g/mol. The minimum absolute atomic E-state index is 0.176. The number of carbonyl (C=O) groups excluding carboxylic acids is 2. The zero-order valence-corrected chi connectivity index (χ0v) is 15.7. The number of methoxy groups -OCH3 is 1. The fourth-order valence-electron chi connectivity index (χ4n) is 2.81. The first-order valence-electron chi connectivity index (χ1n) is 8.64. The number of rotatable bonds is 8. The number of hydrogen-bond donors (Lipinski definition) is 2. The van der Waals surface area contributed by atoms with Crippen molar-refractivity contribution in [2.45, 2.75) is 26.7 Å². The number of esters is 1. The average Bonchev–Trinajstić information content (AvgIpc) is 2.94. The maximum absolute atomic E-state index is 12.5. The van der Waals surface area contributed by atoms with E-state index in [1.165, 1.54) is 0 Å². The second-order valence-corrected chi connectivity index (χ2v) is 6.28. The molecule has 1 aromatic carbocycles. The van der Waals surface area contributed by atoms with E-state index in [1.807, 2.05) is 30.3 Å². The van der Waals surface area contributed by atoms with E-state index in [0.29, 0.717) is 35.7 Å². The van der Waals surface area contributed by atoms with Gasteiger partial charge in [-0.05, 0) is 30.9 Å². The molecule has 1 amide bonds. The van der Waals surface area contributed by atoms with Crippen molar-refractivity contribution in [3.8, 4) is 0 Å². The van der Waals surface area contributed by atoms with Crippen molar-refractivity contribution in [1.29, 1.82) is 0 Å². The number of aryl methyl sites for hydroxylation is 1. The Bertz CT molecular complexity index is 753. The van der Waals surface area contributed by atoms with Gasteiger partial charge >= 0.3 is 5.97 Å². The van der Waals surface area contributed by atoms with Gasteiger partial charge in [0, 0.05) is 19.3 Å². The molecule has 6 nitrogen and oxygen atoms in total. The highest BCUT2D eigenvalue weighted by Gasteiger charge is 2.23. The number of aromatic amines is 1. The van der Waals surface area contributed by atoms with Crippen LogP contribution in [0.4, 0.5) is 0 Å². The Kier molecular flexibility index (Phi) is 6.97. The number of ether oxygens (including phenoxy) is 2. The predicted octanol–water partition coefficient (Wildman–Crippen LogP) is 2.97. The molecule has 0 aliphatic heterocycles. The van der Waals surface area contributed by atoms with Crippen molar-refractivity contribution in [2.75, 3.05) is 26.9 Å². The number of aromatic nitrogens is 1. The minimum Gasteiger partial charge on any atom is -0.460 e. The summed E-state index contributed by atoms with van der Waals surface area (Å²) in [6.07, 6.45) is 0. The highest BCUT2D eigenvalue weighted by molar-refractivity contribution is 6.00. The molecule has 0 aliphatic rings. The first-order chi connectivity index (χ1) is 12.5. The van der Waals surface area contributed by atoms with Crippen LogP contribution in [0.25, 0.3) is 0 Å². The van der Waals surface area contributed by atoms with Gasteiger partial charge in [-0.15, -0.1) is 0 Å². The van der Waals surface area contributed by atoms with Crippen LogP contribution in [-0.2, 0) is 9.47 Å². The Balaban J connectivity index is 2.03. The van der Waals surface area contributed by atoms with Crippen LogP contribution < -0.4 is 5.32 Å². The Morgan fingerprint density at radius 3 is 2.50 bits per heavy atom. The van der Waals surface area contributed by atoms with Gasteiger partial charge in [0.05, 0.1) is 12.2 Å². The molecule has 0 radical (unpaired) electrons. The van der Waals surface area contributed by atoms with Crippen LogP contribution in [0, 0.1) is 13.8 Å². The molecule has 2 rings (SSSR count). The second-order valence-electron chi connectivity index (χ2n) is 6.28. The molecule has 0 saturated heterocycles. The molecule has 0 fully saturated rings. The maximum atomic E-state index is 12.5. The van der Waals surface area contributed by atoms with Crippen molar-refractivity contribution in [2.24, 2.45) is 0 Å². The van der Waals surface area contributed by atoms with Crippen LogP contribution in [-0.4, -0.2) is 43.7 Å². The zero-order valence-electron chi connectivity index (χ0n) is 15.7. The topological polar surface area (TPSA) is 80.4 Å². The SMILES string of the molecule is COCCOC(=O)c1c(C)[nH]c(C(=O)NCC(C)c2ccccc2)c1C. The number of amides is 1. The Morgan fingerprint density at radius 1 is 1.15 bits per heavy atom. The molecule has 1 heterocycles. The summed E-state index contributed by atoms with van der Waals surface area (Å²) in [5.74, 6) is -0.496. The molecule has 0 bridgehead atoms. The smallest absolute Gasteiger partial charge is 0.340 e. The Hall–Kier alpha value is -2.60. The van der Waals surface area contributed by atoms with E-state index in [4.69, 9.17) is 9.47 Å². The first-order valence-corrected chi connectivity index (χ1v) is 8.64. The van der Waals surface area contributed by atoms with Crippen LogP contribution in [0.1, 0.15) is 50.5 Å². The van der Waals surface area contributed by atoms with E-state index < -0.39 is 5.97 Å². The molecule has 2 N–H and O–H groups in total. The fraction of sp³-hybridized carbons (Fsp3) is 0.400. The normalized spacial score (nSPS) is 11.8. The molecule has 2 aromatic rings. The Morgan fingerprint density at radius 2 is 1.85 bits per heavy atom. The lowest BCUT2D eigenvalue weighted by Crippen LogP contribution is -2.28. The fourth-order valence-corrected chi connectivity index (χ4v) is 2.81. The highest BCUT2D eigenvalue weighted by atomic mass is 16.6. The third-order valence-electron chi connectivity index (χ3n) is 4.33. The number of hydrogen-bond acceptors (Lipinski definition) is 4. The molecule has 0 aliphatic carbocycles. The minimum atomic E-state index is -0.454. The molecule has 0 spiro atoms. The number of benzene rings is 1. The summed E-state index contributed by atoms with van der Waals surface area (Å²) in [5.41, 5.74) is 3.17. The van der Waals surface area contributed by atoms with Gasteiger partial charge in [-0.2, -0.15) is 0 Å². The number of H-pyrrole nitrogens is 1. The molecular weight excluding hydrogens is 332 g/mol. The standard InChI is InChI=1S/C20H26N2O4/c1-13(16-8-6-5-7-9-16)12-21-19(23)18-14(2)17(15(3)22-18)20(24)26-11-10-25-4/h5-9,13,22H,10-12H2,1-4H3,(H,21,23). The third kappa shape index (κ3) is 4.73. The van der Waals surface area contributed by atoms with Gasteiger partial charge in [0.1, 0.15) is 12.3 Å². The lowest BCUT2D eigenvalue weighted by molar-refractivity contribution is 0.0387. The lowest BCUT2D eigenvalue weighted by Gasteiger charge is -2.13. The van der Waals surface area contributed by atoms with Gasteiger partial charge < -0.3 is 19.8 Å². The van der Waals surface area contributed by atoms with Crippen LogP contribution in [0.2, 0.25) is 0 Å². The highest BCUT2D eigenvalue weighted by Crippen LogP contribution is 2.19. The summed E-state index contributed by atoms with van der Waals surface area (Å²) in [7, 11) is 1.54. The van der Waals surface area contributed by atoms with Gasteiger partial charge in [0.2, 0.25) is 0 Å². The van der Waals surface area contributed by atoms with Gasteiger partial charge in [-0.25, -0.2) is 4.79 Å². The van der Waals surface area contributed by atoms with E-state index in [-0.39, 0.29) is 18.4 Å².